The van der Waals surface area contributed by atoms with Crippen molar-refractivity contribution in [2.75, 3.05) is 16.8 Å². The molecule has 1 unspecified atom stereocenters. The van der Waals surface area contributed by atoms with Crippen LogP contribution in [0.25, 0.3) is 0 Å². The minimum atomic E-state index is -0.637. The monoisotopic (exact) mass is 313 g/mol. The van der Waals surface area contributed by atoms with Crippen LogP contribution in [-0.4, -0.2) is 23.6 Å². The van der Waals surface area contributed by atoms with Crippen LogP contribution in [0.4, 0.5) is 10.1 Å². The quantitative estimate of drug-likeness (QED) is 0.635. The van der Waals surface area contributed by atoms with Crippen LogP contribution < -0.4 is 4.90 Å². The van der Waals surface area contributed by atoms with E-state index in [9.17, 15) is 14.0 Å². The van der Waals surface area contributed by atoms with E-state index >= 15 is 0 Å². The Morgan fingerprint density at radius 3 is 2.67 bits per heavy atom. The highest BCUT2D eigenvalue weighted by Gasteiger charge is 2.38. The van der Waals surface area contributed by atoms with Gasteiger partial charge in [0.15, 0.2) is 0 Å². The Morgan fingerprint density at radius 1 is 1.39 bits per heavy atom. The first-order chi connectivity index (χ1) is 8.45. The van der Waals surface area contributed by atoms with Gasteiger partial charge in [0.05, 0.1) is 11.3 Å². The van der Waals surface area contributed by atoms with Gasteiger partial charge in [0.2, 0.25) is 0 Å². The molecule has 5 heteroatoms. The van der Waals surface area contributed by atoms with Gasteiger partial charge in [-0.05, 0) is 30.5 Å². The molecule has 1 heterocycles. The van der Waals surface area contributed by atoms with Crippen LogP contribution in [0.3, 0.4) is 0 Å². The lowest BCUT2D eigenvalue weighted by Crippen LogP contribution is -2.34. The molecular weight excluding hydrogens is 301 g/mol. The maximum Gasteiger partial charge on any atom is 0.299 e. The molecule has 0 aromatic heterocycles. The van der Waals surface area contributed by atoms with Gasteiger partial charge in [-0.25, -0.2) is 4.39 Å². The van der Waals surface area contributed by atoms with E-state index in [0.717, 1.165) is 0 Å². The number of hydrogen-bond donors (Lipinski definition) is 0. The molecule has 0 saturated carbocycles. The van der Waals surface area contributed by atoms with Crippen molar-refractivity contribution in [3.63, 3.8) is 0 Å². The summed E-state index contributed by atoms with van der Waals surface area (Å²) in [6.07, 6.45) is 0. The van der Waals surface area contributed by atoms with Crippen LogP contribution in [0.15, 0.2) is 12.1 Å². The summed E-state index contributed by atoms with van der Waals surface area (Å²) < 4.78 is 13.9. The molecule has 0 saturated heterocycles. The van der Waals surface area contributed by atoms with Crippen molar-refractivity contribution in [2.24, 2.45) is 5.92 Å². The first kappa shape index (κ1) is 13.2. The molecule has 0 aliphatic carbocycles. The molecule has 18 heavy (non-hydrogen) atoms. The van der Waals surface area contributed by atoms with Gasteiger partial charge in [-0.2, -0.15) is 0 Å². The number of fused-ring (bicyclic) bond motifs is 1. The molecule has 1 amide bonds. The van der Waals surface area contributed by atoms with Gasteiger partial charge in [0, 0.05) is 11.9 Å². The summed E-state index contributed by atoms with van der Waals surface area (Å²) in [5.74, 6) is -1.61. The number of amides is 1. The molecular formula is C13H13BrFNO2. The summed E-state index contributed by atoms with van der Waals surface area (Å²) in [5, 5.41) is 0.688. The van der Waals surface area contributed by atoms with Crippen molar-refractivity contribution in [3.8, 4) is 0 Å². The lowest BCUT2D eigenvalue weighted by atomic mass is 10.1. The number of carbonyl (C=O) groups excluding carboxylic acids is 2. The second-order valence-corrected chi connectivity index (χ2v) is 5.29. The van der Waals surface area contributed by atoms with Crippen molar-refractivity contribution < 1.29 is 14.0 Å². The third-order valence-corrected chi connectivity index (χ3v) is 4.02. The summed E-state index contributed by atoms with van der Waals surface area (Å²) >= 11 is 3.31. The Morgan fingerprint density at radius 2 is 2.06 bits per heavy atom. The van der Waals surface area contributed by atoms with Gasteiger partial charge in [-0.15, -0.1) is 0 Å². The van der Waals surface area contributed by atoms with E-state index in [0.29, 0.717) is 17.4 Å². The molecule has 1 aliphatic rings. The van der Waals surface area contributed by atoms with E-state index < -0.39 is 17.5 Å². The van der Waals surface area contributed by atoms with Gasteiger partial charge in [-0.1, -0.05) is 22.9 Å². The van der Waals surface area contributed by atoms with Crippen LogP contribution in [0.2, 0.25) is 0 Å². The number of Topliss-reactive ketones (excluding diaryl/α,β-unsaturated/α-hetero) is 1. The molecule has 1 atom stereocenters. The maximum absolute atomic E-state index is 13.9. The molecule has 2 rings (SSSR count). The number of carbonyl (C=O) groups is 2. The predicted molar refractivity (Wildman–Crippen MR) is 70.8 cm³/mol. The van der Waals surface area contributed by atoms with Crippen LogP contribution in [0, 0.1) is 18.7 Å². The van der Waals surface area contributed by atoms with Gasteiger partial charge < -0.3 is 4.90 Å². The van der Waals surface area contributed by atoms with E-state index in [2.05, 4.69) is 15.9 Å². The standard InChI is InChI=1S/C13H13BrFNO2/c1-7-3-9-11(10(15)4-7)16(6-8(2)5-14)13(18)12(9)17/h3-4,8H,5-6H2,1-2H3. The molecule has 96 valence electrons. The fourth-order valence-electron chi connectivity index (χ4n) is 2.06. The third kappa shape index (κ3) is 2.07. The number of rotatable bonds is 3. The van der Waals surface area contributed by atoms with Crippen LogP contribution >= 0.6 is 15.9 Å². The summed E-state index contributed by atoms with van der Waals surface area (Å²) in [5.41, 5.74) is 0.950. The van der Waals surface area contributed by atoms with Crippen LogP contribution in [-0.2, 0) is 4.79 Å². The molecule has 0 fully saturated rings. The van der Waals surface area contributed by atoms with E-state index in [1.54, 1.807) is 13.0 Å². The third-order valence-electron chi connectivity index (χ3n) is 2.92. The van der Waals surface area contributed by atoms with E-state index in [1.165, 1.54) is 11.0 Å². The molecule has 1 aromatic rings. The number of alkyl halides is 1. The Hall–Kier alpha value is -1.23. The van der Waals surface area contributed by atoms with Crippen molar-refractivity contribution in [1.82, 2.24) is 0 Å². The highest BCUT2D eigenvalue weighted by atomic mass is 79.9. The number of nitrogens with zero attached hydrogens (tertiary/aromatic N) is 1. The van der Waals surface area contributed by atoms with Crippen LogP contribution in [0.1, 0.15) is 22.8 Å². The highest BCUT2D eigenvalue weighted by Crippen LogP contribution is 2.33. The van der Waals surface area contributed by atoms with Gasteiger partial charge in [-0.3, -0.25) is 9.59 Å². The number of benzene rings is 1. The Bertz CT molecular complexity index is 530. The first-order valence-electron chi connectivity index (χ1n) is 5.68. The number of ketones is 1. The Labute approximate surface area is 113 Å². The minimum Gasteiger partial charge on any atom is -0.302 e. The van der Waals surface area contributed by atoms with Crippen molar-refractivity contribution in [2.45, 2.75) is 13.8 Å². The summed E-state index contributed by atoms with van der Waals surface area (Å²) in [6.45, 7) is 3.96. The van der Waals surface area contributed by atoms with Gasteiger partial charge in [0.1, 0.15) is 5.82 Å². The number of halogens is 2. The SMILES string of the molecule is Cc1cc(F)c2c(c1)C(=O)C(=O)N2CC(C)CBr. The Balaban J connectivity index is 2.48. The largest absolute Gasteiger partial charge is 0.302 e. The first-order valence-corrected chi connectivity index (χ1v) is 6.80. The lowest BCUT2D eigenvalue weighted by molar-refractivity contribution is -0.114. The van der Waals surface area contributed by atoms with Crippen LogP contribution in [0.5, 0.6) is 0 Å². The normalized spacial score (nSPS) is 16.1. The second-order valence-electron chi connectivity index (χ2n) is 4.65. The highest BCUT2D eigenvalue weighted by molar-refractivity contribution is 9.09. The topological polar surface area (TPSA) is 37.4 Å². The molecule has 1 aliphatic heterocycles. The van der Waals surface area contributed by atoms with Crippen molar-refractivity contribution >= 4 is 33.3 Å². The predicted octanol–water partition coefficient (Wildman–Crippen LogP) is 2.69. The van der Waals surface area contributed by atoms with Crippen molar-refractivity contribution in [3.05, 3.63) is 29.1 Å². The molecule has 0 spiro atoms. The summed E-state index contributed by atoms with van der Waals surface area (Å²) in [4.78, 5) is 24.9. The average Bonchev–Trinajstić information content (AvgIpc) is 2.54. The number of anilines is 1. The summed E-state index contributed by atoms with van der Waals surface area (Å²) in [7, 11) is 0. The number of hydrogen-bond acceptors (Lipinski definition) is 2. The molecule has 0 radical (unpaired) electrons. The zero-order valence-corrected chi connectivity index (χ0v) is 11.8. The van der Waals surface area contributed by atoms with Gasteiger partial charge in [0.25, 0.3) is 11.7 Å². The molecule has 0 bridgehead atoms. The fraction of sp³-hybridized carbons (Fsp3) is 0.385. The minimum absolute atomic E-state index is 0.128. The zero-order valence-electron chi connectivity index (χ0n) is 10.2. The van der Waals surface area contributed by atoms with Crippen molar-refractivity contribution in [1.29, 1.82) is 0 Å². The van der Waals surface area contributed by atoms with E-state index in [1.807, 2.05) is 6.92 Å². The van der Waals surface area contributed by atoms with E-state index in [4.69, 9.17) is 0 Å². The molecule has 3 nitrogen and oxygen atoms in total. The average molecular weight is 314 g/mol. The fourth-order valence-corrected chi connectivity index (χ4v) is 2.26. The van der Waals surface area contributed by atoms with Gasteiger partial charge >= 0.3 is 0 Å². The maximum atomic E-state index is 13.9. The van der Waals surface area contributed by atoms with E-state index in [-0.39, 0.29) is 17.2 Å². The second kappa shape index (κ2) is 4.80. The zero-order chi connectivity index (χ0) is 13.4. The smallest absolute Gasteiger partial charge is 0.299 e. The molecule has 0 N–H and O–H groups in total. The lowest BCUT2D eigenvalue weighted by Gasteiger charge is -2.20. The number of aryl methyl sites for hydroxylation is 1. The Kier molecular flexibility index (Phi) is 3.52. The molecule has 1 aromatic carbocycles. The summed E-state index contributed by atoms with van der Waals surface area (Å²) in [6, 6.07) is 2.91.